The molecule has 1 aromatic rings. The van der Waals surface area contributed by atoms with Crippen molar-refractivity contribution in [2.45, 2.75) is 39.7 Å². The van der Waals surface area contributed by atoms with Crippen molar-refractivity contribution < 1.29 is 0 Å². The Kier molecular flexibility index (Phi) is 4.90. The molecule has 1 saturated heterocycles. The molecule has 0 aromatic heterocycles. The molecular formula is C18H27BrN2. The molecule has 1 aliphatic heterocycles. The lowest BCUT2D eigenvalue weighted by Gasteiger charge is -2.21. The van der Waals surface area contributed by atoms with Crippen LogP contribution >= 0.6 is 15.9 Å². The Morgan fingerprint density at radius 3 is 2.57 bits per heavy atom. The molecule has 1 aliphatic carbocycles. The van der Waals surface area contributed by atoms with Gasteiger partial charge in [-0.25, -0.2) is 0 Å². The Bertz CT molecular complexity index is 474. The van der Waals surface area contributed by atoms with Crippen molar-refractivity contribution in [3.63, 3.8) is 0 Å². The van der Waals surface area contributed by atoms with Gasteiger partial charge in [0.05, 0.1) is 5.69 Å². The average Bonchev–Trinajstić information content (AvgIpc) is 2.99. The van der Waals surface area contributed by atoms with Gasteiger partial charge in [0, 0.05) is 24.1 Å². The largest absolute Gasteiger partial charge is 0.370 e. The summed E-state index contributed by atoms with van der Waals surface area (Å²) in [6.45, 7) is 9.05. The summed E-state index contributed by atoms with van der Waals surface area (Å²) >= 11 is 3.79. The van der Waals surface area contributed by atoms with Gasteiger partial charge in [-0.05, 0) is 70.8 Å². The molecule has 2 fully saturated rings. The van der Waals surface area contributed by atoms with Crippen LogP contribution in [0, 0.1) is 17.8 Å². The van der Waals surface area contributed by atoms with Crippen LogP contribution in [0.5, 0.6) is 0 Å². The molecular weight excluding hydrogens is 324 g/mol. The molecule has 116 valence electrons. The molecule has 0 amide bonds. The van der Waals surface area contributed by atoms with Gasteiger partial charge in [-0.2, -0.15) is 0 Å². The fourth-order valence-corrected chi connectivity index (χ4v) is 4.53. The van der Waals surface area contributed by atoms with Gasteiger partial charge in [0.2, 0.25) is 0 Å². The summed E-state index contributed by atoms with van der Waals surface area (Å²) in [6.07, 6.45) is 4.33. The van der Waals surface area contributed by atoms with E-state index in [0.29, 0.717) is 5.92 Å². The Labute approximate surface area is 137 Å². The average molecular weight is 351 g/mol. The first kappa shape index (κ1) is 15.4. The maximum absolute atomic E-state index is 3.79. The number of halogens is 1. The molecule has 0 bridgehead atoms. The number of fused-ring (bicyclic) bond motifs is 1. The number of benzene rings is 1. The predicted molar refractivity (Wildman–Crippen MR) is 93.7 cm³/mol. The molecule has 0 radical (unpaired) electrons. The zero-order valence-electron chi connectivity index (χ0n) is 13.2. The van der Waals surface area contributed by atoms with Gasteiger partial charge in [0.1, 0.15) is 0 Å². The molecule has 1 heterocycles. The van der Waals surface area contributed by atoms with Crippen molar-refractivity contribution in [2.75, 3.05) is 24.5 Å². The highest BCUT2D eigenvalue weighted by atomic mass is 79.9. The topological polar surface area (TPSA) is 15.3 Å². The van der Waals surface area contributed by atoms with E-state index in [2.05, 4.69) is 58.2 Å². The van der Waals surface area contributed by atoms with Gasteiger partial charge in [-0.15, -0.1) is 0 Å². The van der Waals surface area contributed by atoms with Crippen LogP contribution in [0.3, 0.4) is 0 Å². The second-order valence-corrected chi connectivity index (χ2v) is 8.02. The molecule has 2 atom stereocenters. The van der Waals surface area contributed by atoms with Crippen molar-refractivity contribution in [3.05, 3.63) is 28.2 Å². The van der Waals surface area contributed by atoms with E-state index in [9.17, 15) is 0 Å². The van der Waals surface area contributed by atoms with E-state index in [4.69, 9.17) is 0 Å². The van der Waals surface area contributed by atoms with Gasteiger partial charge in [0.25, 0.3) is 0 Å². The fraction of sp³-hybridized carbons (Fsp3) is 0.667. The summed E-state index contributed by atoms with van der Waals surface area (Å²) < 4.78 is 1.26. The number of hydrogen-bond donors (Lipinski definition) is 1. The number of nitrogens with zero attached hydrogens (tertiary/aromatic N) is 1. The summed E-state index contributed by atoms with van der Waals surface area (Å²) in [5.41, 5.74) is 2.75. The number of nitrogens with one attached hydrogen (secondary N) is 1. The molecule has 1 saturated carbocycles. The van der Waals surface area contributed by atoms with Crippen molar-refractivity contribution in [2.24, 2.45) is 17.8 Å². The molecule has 0 spiro atoms. The zero-order valence-corrected chi connectivity index (χ0v) is 14.8. The zero-order chi connectivity index (χ0) is 14.8. The van der Waals surface area contributed by atoms with Gasteiger partial charge < -0.3 is 10.2 Å². The summed E-state index contributed by atoms with van der Waals surface area (Å²) in [4.78, 5) is 2.59. The van der Waals surface area contributed by atoms with Crippen LogP contribution in [0.15, 0.2) is 22.7 Å². The minimum atomic E-state index is 0.705. The van der Waals surface area contributed by atoms with Crippen LogP contribution in [0.2, 0.25) is 0 Å². The highest BCUT2D eigenvalue weighted by Gasteiger charge is 2.36. The molecule has 2 aliphatic rings. The normalized spacial score (nSPS) is 24.9. The first-order chi connectivity index (χ1) is 10.1. The summed E-state index contributed by atoms with van der Waals surface area (Å²) in [5.74, 6) is 2.60. The Balaban J connectivity index is 1.62. The van der Waals surface area contributed by atoms with Crippen LogP contribution in [-0.2, 0) is 6.54 Å². The van der Waals surface area contributed by atoms with Gasteiger partial charge in [-0.3, -0.25) is 0 Å². The number of hydrogen-bond acceptors (Lipinski definition) is 2. The van der Waals surface area contributed by atoms with Crippen LogP contribution in [0.25, 0.3) is 0 Å². The molecule has 21 heavy (non-hydrogen) atoms. The second-order valence-electron chi connectivity index (χ2n) is 7.17. The molecule has 2 nitrogen and oxygen atoms in total. The highest BCUT2D eigenvalue weighted by molar-refractivity contribution is 9.10. The minimum absolute atomic E-state index is 0.705. The first-order valence-electron chi connectivity index (χ1n) is 8.37. The smallest absolute Gasteiger partial charge is 0.0511 e. The van der Waals surface area contributed by atoms with Gasteiger partial charge in [0.15, 0.2) is 0 Å². The van der Waals surface area contributed by atoms with Gasteiger partial charge >= 0.3 is 0 Å². The van der Waals surface area contributed by atoms with E-state index in [0.717, 1.165) is 24.9 Å². The monoisotopic (exact) mass is 350 g/mol. The Hall–Kier alpha value is -0.540. The van der Waals surface area contributed by atoms with E-state index in [1.165, 1.54) is 48.1 Å². The molecule has 3 rings (SSSR count). The van der Waals surface area contributed by atoms with Crippen molar-refractivity contribution in [1.82, 2.24) is 5.32 Å². The number of anilines is 1. The maximum atomic E-state index is 3.79. The molecule has 1 aromatic carbocycles. The van der Waals surface area contributed by atoms with E-state index >= 15 is 0 Å². The lowest BCUT2D eigenvalue weighted by atomic mass is 10.0. The van der Waals surface area contributed by atoms with Crippen molar-refractivity contribution in [3.8, 4) is 0 Å². The molecule has 1 N–H and O–H groups in total. The van der Waals surface area contributed by atoms with Gasteiger partial charge in [-0.1, -0.05) is 26.3 Å². The fourth-order valence-electron chi connectivity index (χ4n) is 3.85. The van der Waals surface area contributed by atoms with Crippen LogP contribution < -0.4 is 10.2 Å². The van der Waals surface area contributed by atoms with Crippen LogP contribution in [-0.4, -0.2) is 19.6 Å². The number of rotatable bonds is 5. The van der Waals surface area contributed by atoms with Crippen LogP contribution in [0.4, 0.5) is 5.69 Å². The third-order valence-electron chi connectivity index (χ3n) is 4.96. The van der Waals surface area contributed by atoms with Crippen LogP contribution in [0.1, 0.15) is 38.7 Å². The molecule has 2 unspecified atom stereocenters. The third kappa shape index (κ3) is 3.62. The van der Waals surface area contributed by atoms with E-state index < -0.39 is 0 Å². The molecule has 3 heteroatoms. The minimum Gasteiger partial charge on any atom is -0.370 e. The Morgan fingerprint density at radius 1 is 1.24 bits per heavy atom. The lowest BCUT2D eigenvalue weighted by Crippen LogP contribution is -2.21. The summed E-state index contributed by atoms with van der Waals surface area (Å²) in [5, 5.41) is 3.52. The SMILES string of the molecule is CC(C)CNCc1ccc(N2CC3CCCC3C2)c(Br)c1. The van der Waals surface area contributed by atoms with Crippen molar-refractivity contribution in [1.29, 1.82) is 0 Å². The quantitative estimate of drug-likeness (QED) is 0.844. The van der Waals surface area contributed by atoms with Crippen molar-refractivity contribution >= 4 is 21.6 Å². The highest BCUT2D eigenvalue weighted by Crippen LogP contribution is 2.41. The van der Waals surface area contributed by atoms with E-state index in [1.54, 1.807) is 0 Å². The van der Waals surface area contributed by atoms with E-state index in [1.807, 2.05) is 0 Å². The predicted octanol–water partition coefficient (Wildman–Crippen LogP) is 4.43. The first-order valence-corrected chi connectivity index (χ1v) is 9.17. The standard InChI is InChI=1S/C18H27BrN2/c1-13(2)9-20-10-14-6-7-18(17(19)8-14)21-11-15-4-3-5-16(15)12-21/h6-8,13,15-16,20H,3-5,9-12H2,1-2H3. The summed E-state index contributed by atoms with van der Waals surface area (Å²) in [6, 6.07) is 6.87. The summed E-state index contributed by atoms with van der Waals surface area (Å²) in [7, 11) is 0. The second kappa shape index (κ2) is 6.70. The maximum Gasteiger partial charge on any atom is 0.0511 e. The third-order valence-corrected chi connectivity index (χ3v) is 5.60. The Morgan fingerprint density at radius 2 is 1.95 bits per heavy atom. The lowest BCUT2D eigenvalue weighted by molar-refractivity contribution is 0.494. The van der Waals surface area contributed by atoms with E-state index in [-0.39, 0.29) is 0 Å².